The first kappa shape index (κ1) is 25.8. The highest BCUT2D eigenvalue weighted by molar-refractivity contribution is 6.37. The summed E-state index contributed by atoms with van der Waals surface area (Å²) in [4.78, 5) is 31.3. The Kier molecular flexibility index (Phi) is 7.30. The van der Waals surface area contributed by atoms with Crippen molar-refractivity contribution in [2.24, 2.45) is 5.73 Å². The smallest absolute Gasteiger partial charge is 0.234 e. The second kappa shape index (κ2) is 10.5. The number of nitrogens with one attached hydrogen (secondary N) is 1. The number of hydrogen-bond donors (Lipinski definition) is 3. The minimum atomic E-state index is -0.223. The molecule has 9 heteroatoms. The summed E-state index contributed by atoms with van der Waals surface area (Å²) >= 11 is 12.3. The number of nitrogens with zero attached hydrogens (tertiary/aromatic N) is 2. The number of nitrogens with two attached hydrogens (primary N) is 1. The van der Waals surface area contributed by atoms with E-state index in [1.54, 1.807) is 25.3 Å². The predicted octanol–water partition coefficient (Wildman–Crippen LogP) is 5.79. The van der Waals surface area contributed by atoms with E-state index in [1.807, 2.05) is 18.2 Å². The number of phenolic OH excluding ortho intramolecular Hbond substituents is 1. The normalized spacial score (nSPS) is 22.3. The van der Waals surface area contributed by atoms with E-state index in [2.05, 4.69) is 15.2 Å². The molecule has 2 heterocycles. The van der Waals surface area contributed by atoms with Crippen molar-refractivity contribution in [3.63, 3.8) is 0 Å². The molecule has 1 amide bonds. The van der Waals surface area contributed by atoms with Crippen molar-refractivity contribution >= 4 is 51.5 Å². The van der Waals surface area contributed by atoms with Gasteiger partial charge >= 0.3 is 0 Å². The third-order valence-corrected chi connectivity index (χ3v) is 8.31. The molecule has 1 aliphatic heterocycles. The summed E-state index contributed by atoms with van der Waals surface area (Å²) in [6.07, 6.45) is 7.28. The van der Waals surface area contributed by atoms with Crippen LogP contribution in [0.2, 0.25) is 10.0 Å². The lowest BCUT2D eigenvalue weighted by atomic mass is 9.89. The Morgan fingerprint density at radius 3 is 2.41 bits per heavy atom. The molecule has 2 aliphatic rings. The first-order valence-electron chi connectivity index (χ1n) is 12.7. The van der Waals surface area contributed by atoms with Gasteiger partial charge < -0.3 is 16.2 Å². The number of benzene rings is 2. The highest BCUT2D eigenvalue weighted by Crippen LogP contribution is 2.39. The minimum Gasteiger partial charge on any atom is -0.505 e. The van der Waals surface area contributed by atoms with E-state index in [9.17, 15) is 14.7 Å². The van der Waals surface area contributed by atoms with Crippen LogP contribution in [0.15, 0.2) is 36.5 Å². The van der Waals surface area contributed by atoms with Gasteiger partial charge in [-0.05, 0) is 87.4 Å². The minimum absolute atomic E-state index is 0.0620. The Hall–Kier alpha value is -2.87. The molecule has 37 heavy (non-hydrogen) atoms. The van der Waals surface area contributed by atoms with Crippen molar-refractivity contribution in [3.8, 4) is 16.9 Å². The molecule has 1 unspecified atom stereocenters. The highest BCUT2D eigenvalue weighted by atomic mass is 35.5. The third-order valence-electron chi connectivity index (χ3n) is 7.73. The van der Waals surface area contributed by atoms with Crippen LogP contribution in [0.25, 0.3) is 22.0 Å². The van der Waals surface area contributed by atoms with Gasteiger partial charge in [0.25, 0.3) is 0 Å². The molecule has 2 aromatic carbocycles. The highest BCUT2D eigenvalue weighted by Gasteiger charge is 2.36. The van der Waals surface area contributed by atoms with Crippen LogP contribution in [0.5, 0.6) is 5.75 Å². The fourth-order valence-corrected chi connectivity index (χ4v) is 6.30. The number of amides is 1. The Balaban J connectivity index is 1.43. The molecular formula is C28H30Cl2N4O3. The van der Waals surface area contributed by atoms with E-state index >= 15 is 0 Å². The van der Waals surface area contributed by atoms with Crippen molar-refractivity contribution in [2.45, 2.75) is 63.6 Å². The van der Waals surface area contributed by atoms with E-state index in [0.717, 1.165) is 72.8 Å². The number of Topliss-reactive ketones (excluding diaryl/α,β-unsaturated/α-hetero) is 1. The maximum Gasteiger partial charge on any atom is 0.234 e. The number of aromatic nitrogens is 1. The first-order valence-corrected chi connectivity index (χ1v) is 13.4. The van der Waals surface area contributed by atoms with Crippen LogP contribution in [0.1, 0.15) is 55.8 Å². The zero-order valence-electron chi connectivity index (χ0n) is 20.6. The monoisotopic (exact) mass is 540 g/mol. The fourth-order valence-electron chi connectivity index (χ4n) is 5.81. The number of carbonyl (C=O) groups is 2. The van der Waals surface area contributed by atoms with Crippen LogP contribution < -0.4 is 11.1 Å². The second-order valence-corrected chi connectivity index (χ2v) is 10.9. The molecule has 1 aliphatic carbocycles. The standard InChI is InChI=1S/C28H30Cl2N4O3/c1-15(35)21-14-32-24-9-4-16(17-12-22(29)27(36)23(30)13-17)11-20(24)26(21)33-18-5-7-19(8-6-18)34-10-2-3-25(34)28(31)37/h4,9,11-14,18-19,25,36H,2-3,5-8,10H2,1H3,(H2,31,37)(H,32,33). The van der Waals surface area contributed by atoms with Crippen molar-refractivity contribution in [1.82, 2.24) is 9.88 Å². The summed E-state index contributed by atoms with van der Waals surface area (Å²) in [7, 11) is 0. The van der Waals surface area contributed by atoms with Crippen LogP contribution in [-0.4, -0.2) is 51.4 Å². The van der Waals surface area contributed by atoms with Gasteiger partial charge in [-0.15, -0.1) is 0 Å². The van der Waals surface area contributed by atoms with E-state index < -0.39 is 0 Å². The number of carbonyl (C=O) groups excluding carboxylic acids is 2. The van der Waals surface area contributed by atoms with Gasteiger partial charge in [0.2, 0.25) is 5.91 Å². The molecule has 1 saturated heterocycles. The average molecular weight is 541 g/mol. The summed E-state index contributed by atoms with van der Waals surface area (Å²) in [6.45, 7) is 2.47. The van der Waals surface area contributed by atoms with Gasteiger partial charge in [0.1, 0.15) is 0 Å². The van der Waals surface area contributed by atoms with Crippen molar-refractivity contribution in [1.29, 1.82) is 0 Å². The fraction of sp³-hybridized carbons (Fsp3) is 0.393. The van der Waals surface area contributed by atoms with Crippen LogP contribution in [0.4, 0.5) is 5.69 Å². The number of rotatable bonds is 6. The van der Waals surface area contributed by atoms with Gasteiger partial charge in [0.15, 0.2) is 11.5 Å². The lowest BCUT2D eigenvalue weighted by Gasteiger charge is -2.37. The summed E-state index contributed by atoms with van der Waals surface area (Å²) in [5, 5.41) is 14.8. The van der Waals surface area contributed by atoms with Gasteiger partial charge in [0, 0.05) is 23.7 Å². The summed E-state index contributed by atoms with van der Waals surface area (Å²) in [5.41, 5.74) is 9.32. The number of likely N-dealkylation sites (tertiary alicyclic amines) is 1. The lowest BCUT2D eigenvalue weighted by Crippen LogP contribution is -2.48. The maximum atomic E-state index is 12.6. The summed E-state index contributed by atoms with van der Waals surface area (Å²) in [6, 6.07) is 9.53. The Morgan fingerprint density at radius 2 is 1.76 bits per heavy atom. The molecule has 1 atom stereocenters. The van der Waals surface area contributed by atoms with Crippen LogP contribution in [-0.2, 0) is 4.79 Å². The number of anilines is 1. The molecule has 1 aromatic heterocycles. The molecule has 0 bridgehead atoms. The van der Waals surface area contributed by atoms with Crippen molar-refractivity contribution in [2.75, 3.05) is 11.9 Å². The SMILES string of the molecule is CC(=O)c1cnc2ccc(-c3cc(Cl)c(O)c(Cl)c3)cc2c1NC1CCC(N2CCCC2C(N)=O)CC1. The van der Waals surface area contributed by atoms with Gasteiger partial charge in [-0.25, -0.2) is 0 Å². The number of ketones is 1. The zero-order valence-corrected chi connectivity index (χ0v) is 22.1. The number of halogens is 2. The van der Waals surface area contributed by atoms with E-state index in [0.29, 0.717) is 11.6 Å². The quantitative estimate of drug-likeness (QED) is 0.341. The second-order valence-electron chi connectivity index (χ2n) is 10.1. The lowest BCUT2D eigenvalue weighted by molar-refractivity contribution is -0.123. The number of phenols is 1. The largest absolute Gasteiger partial charge is 0.505 e. The summed E-state index contributed by atoms with van der Waals surface area (Å²) in [5.74, 6) is -0.436. The molecular weight excluding hydrogens is 511 g/mol. The van der Waals surface area contributed by atoms with Gasteiger partial charge in [-0.1, -0.05) is 29.3 Å². The molecule has 4 N–H and O–H groups in total. The topological polar surface area (TPSA) is 109 Å². The van der Waals surface area contributed by atoms with Crippen LogP contribution >= 0.6 is 23.2 Å². The molecule has 2 fully saturated rings. The average Bonchev–Trinajstić information content (AvgIpc) is 3.38. The Morgan fingerprint density at radius 1 is 1.05 bits per heavy atom. The van der Waals surface area contributed by atoms with Crippen LogP contribution in [0.3, 0.4) is 0 Å². The number of aromatic hydroxyl groups is 1. The summed E-state index contributed by atoms with van der Waals surface area (Å²) < 4.78 is 0. The Labute approximate surface area is 225 Å². The number of fused-ring (bicyclic) bond motifs is 1. The van der Waals surface area contributed by atoms with Gasteiger partial charge in [0.05, 0.1) is 32.9 Å². The van der Waals surface area contributed by atoms with Gasteiger partial charge in [-0.3, -0.25) is 19.5 Å². The number of hydrogen-bond acceptors (Lipinski definition) is 6. The van der Waals surface area contributed by atoms with Gasteiger partial charge in [-0.2, -0.15) is 0 Å². The van der Waals surface area contributed by atoms with Crippen molar-refractivity contribution < 1.29 is 14.7 Å². The molecule has 5 rings (SSSR count). The molecule has 0 spiro atoms. The maximum absolute atomic E-state index is 12.6. The number of pyridine rings is 1. The Bertz CT molecular complexity index is 1350. The molecule has 3 aromatic rings. The van der Waals surface area contributed by atoms with E-state index in [-0.39, 0.29) is 39.6 Å². The van der Waals surface area contributed by atoms with Crippen LogP contribution in [0, 0.1) is 0 Å². The molecule has 1 saturated carbocycles. The molecule has 194 valence electrons. The third kappa shape index (κ3) is 5.13. The van der Waals surface area contributed by atoms with E-state index in [1.165, 1.54) is 0 Å². The first-order chi connectivity index (χ1) is 17.7. The van der Waals surface area contributed by atoms with E-state index in [4.69, 9.17) is 28.9 Å². The zero-order chi connectivity index (χ0) is 26.3. The van der Waals surface area contributed by atoms with Crippen molar-refractivity contribution in [3.05, 3.63) is 52.1 Å². The predicted molar refractivity (Wildman–Crippen MR) is 147 cm³/mol. The molecule has 7 nitrogen and oxygen atoms in total. The number of primary amides is 1. The molecule has 0 radical (unpaired) electrons.